The molecule has 2 unspecified atom stereocenters. The van der Waals surface area contributed by atoms with Gasteiger partial charge in [0.15, 0.2) is 23.1 Å². The maximum atomic E-state index is 13.3. The van der Waals surface area contributed by atoms with Gasteiger partial charge in [0, 0.05) is 5.92 Å². The van der Waals surface area contributed by atoms with E-state index < -0.39 is 47.7 Å². The van der Waals surface area contributed by atoms with Crippen molar-refractivity contribution in [3.63, 3.8) is 0 Å². The van der Waals surface area contributed by atoms with Crippen LogP contribution in [0.2, 0.25) is 0 Å². The van der Waals surface area contributed by atoms with Gasteiger partial charge < -0.3 is 14.6 Å². The van der Waals surface area contributed by atoms with Gasteiger partial charge in [0.2, 0.25) is 0 Å². The van der Waals surface area contributed by atoms with Crippen LogP contribution in [0.15, 0.2) is 36.4 Å². The van der Waals surface area contributed by atoms with Gasteiger partial charge in [0.05, 0.1) is 5.92 Å². The van der Waals surface area contributed by atoms with Crippen molar-refractivity contribution < 1.29 is 59.3 Å². The largest absolute Gasteiger partial charge is 0.573 e. The summed E-state index contributed by atoms with van der Waals surface area (Å²) >= 11 is 0. The summed E-state index contributed by atoms with van der Waals surface area (Å²) in [4.78, 5) is 21.6. The quantitative estimate of drug-likeness (QED) is 0.396. The van der Waals surface area contributed by atoms with E-state index in [2.05, 4.69) is 9.47 Å². The van der Waals surface area contributed by atoms with E-state index in [9.17, 15) is 44.7 Å². The van der Waals surface area contributed by atoms with E-state index >= 15 is 0 Å². The first kappa shape index (κ1) is 30.7. The summed E-state index contributed by atoms with van der Waals surface area (Å²) in [5.41, 5.74) is 0.738. The molecule has 200 valence electrons. The second kappa shape index (κ2) is 12.5. The van der Waals surface area contributed by atoms with Crippen LogP contribution < -0.4 is 9.47 Å². The lowest BCUT2D eigenvalue weighted by Crippen LogP contribution is -2.18. The third-order valence-electron chi connectivity index (χ3n) is 4.64. The first-order chi connectivity index (χ1) is 16.4. The minimum Gasteiger partial charge on any atom is -0.481 e. The van der Waals surface area contributed by atoms with Crippen molar-refractivity contribution in [3.8, 4) is 11.5 Å². The Bertz CT molecular complexity index is 966. The standard InChI is InChI=1S/C12H12F4O2.C11H10F4O3/c1-7(8(2)17)5-9-3-4-11(10(13)6-9)18-12(14,15)16;1-6(10(16)17)4-7-2-3-9(8(12)5-7)18-11(13,14)15/h3-4,6-7H,5H2,1-2H3;2-3,5-6H,4H2,1H3,(H,16,17). The molecule has 13 heteroatoms. The molecular weight excluding hydrogens is 508 g/mol. The molecule has 2 aromatic rings. The summed E-state index contributed by atoms with van der Waals surface area (Å²) < 4.78 is 105. The summed E-state index contributed by atoms with van der Waals surface area (Å²) in [5.74, 6) is -6.27. The Morgan fingerprint density at radius 1 is 0.778 bits per heavy atom. The molecule has 2 rings (SSSR count). The summed E-state index contributed by atoms with van der Waals surface area (Å²) in [6, 6.07) is 6.02. The van der Waals surface area contributed by atoms with Crippen molar-refractivity contribution in [2.45, 2.75) is 46.3 Å². The molecule has 2 aromatic carbocycles. The molecule has 0 spiro atoms. The lowest BCUT2D eigenvalue weighted by atomic mass is 9.98. The van der Waals surface area contributed by atoms with Gasteiger partial charge >= 0.3 is 18.7 Å². The Hall–Kier alpha value is -3.38. The number of aliphatic carboxylic acids is 1. The van der Waals surface area contributed by atoms with E-state index in [4.69, 9.17) is 5.11 Å². The lowest BCUT2D eigenvalue weighted by molar-refractivity contribution is -0.276. The van der Waals surface area contributed by atoms with Crippen LogP contribution in [0, 0.1) is 23.5 Å². The number of benzene rings is 2. The van der Waals surface area contributed by atoms with Gasteiger partial charge in [0.25, 0.3) is 0 Å². The number of rotatable bonds is 8. The molecule has 0 aliphatic heterocycles. The highest BCUT2D eigenvalue weighted by molar-refractivity contribution is 5.78. The molecule has 36 heavy (non-hydrogen) atoms. The van der Waals surface area contributed by atoms with Crippen LogP contribution in [-0.4, -0.2) is 29.6 Å². The maximum Gasteiger partial charge on any atom is 0.573 e. The van der Waals surface area contributed by atoms with Gasteiger partial charge in [-0.1, -0.05) is 26.0 Å². The third kappa shape index (κ3) is 11.4. The SMILES string of the molecule is CC(=O)C(C)Cc1ccc(OC(F)(F)F)c(F)c1.CC(Cc1ccc(OC(F)(F)F)c(F)c1)C(=O)O. The van der Waals surface area contributed by atoms with Crippen LogP contribution in [0.4, 0.5) is 35.1 Å². The Morgan fingerprint density at radius 3 is 1.42 bits per heavy atom. The van der Waals surface area contributed by atoms with Crippen molar-refractivity contribution in [1.82, 2.24) is 0 Å². The fraction of sp³-hybridized carbons (Fsp3) is 0.391. The normalized spacial score (nSPS) is 13.2. The summed E-state index contributed by atoms with van der Waals surface area (Å²) in [7, 11) is 0. The second-order valence-electron chi connectivity index (χ2n) is 7.78. The number of carbonyl (C=O) groups is 2. The van der Waals surface area contributed by atoms with Crippen LogP contribution in [-0.2, 0) is 22.4 Å². The zero-order valence-electron chi connectivity index (χ0n) is 19.1. The van der Waals surface area contributed by atoms with Crippen molar-refractivity contribution in [2.24, 2.45) is 11.8 Å². The highest BCUT2D eigenvalue weighted by Crippen LogP contribution is 2.28. The average Bonchev–Trinajstić information content (AvgIpc) is 2.70. The van der Waals surface area contributed by atoms with Gasteiger partial charge in [-0.05, 0) is 55.2 Å². The van der Waals surface area contributed by atoms with Crippen molar-refractivity contribution in [1.29, 1.82) is 0 Å². The highest BCUT2D eigenvalue weighted by Gasteiger charge is 2.33. The summed E-state index contributed by atoms with van der Waals surface area (Å²) in [6.07, 6.45) is -9.58. The second-order valence-corrected chi connectivity index (χ2v) is 7.78. The minimum atomic E-state index is -4.96. The smallest absolute Gasteiger partial charge is 0.481 e. The van der Waals surface area contributed by atoms with E-state index in [-0.39, 0.29) is 30.1 Å². The third-order valence-corrected chi connectivity index (χ3v) is 4.64. The number of carboxylic acids is 1. The molecule has 1 N–H and O–H groups in total. The van der Waals surface area contributed by atoms with E-state index in [0.29, 0.717) is 5.56 Å². The van der Waals surface area contributed by atoms with Crippen molar-refractivity contribution in [2.75, 3.05) is 0 Å². The van der Waals surface area contributed by atoms with Crippen LogP contribution in [0.3, 0.4) is 0 Å². The fourth-order valence-electron chi connectivity index (χ4n) is 2.70. The van der Waals surface area contributed by atoms with E-state index in [1.807, 2.05) is 0 Å². The molecule has 0 saturated carbocycles. The number of carbonyl (C=O) groups excluding carboxylic acids is 1. The van der Waals surface area contributed by atoms with Crippen LogP contribution in [0.1, 0.15) is 31.9 Å². The topological polar surface area (TPSA) is 72.8 Å². The summed E-state index contributed by atoms with van der Waals surface area (Å²) in [5, 5.41) is 8.65. The number of carboxylic acid groups (broad SMARTS) is 1. The van der Waals surface area contributed by atoms with E-state index in [0.717, 1.165) is 24.3 Å². The fourth-order valence-corrected chi connectivity index (χ4v) is 2.70. The van der Waals surface area contributed by atoms with Crippen LogP contribution in [0.5, 0.6) is 11.5 Å². The number of alkyl halides is 6. The maximum absolute atomic E-state index is 13.3. The average molecular weight is 530 g/mol. The van der Waals surface area contributed by atoms with Crippen molar-refractivity contribution >= 4 is 11.8 Å². The molecule has 0 heterocycles. The molecule has 5 nitrogen and oxygen atoms in total. The first-order valence-corrected chi connectivity index (χ1v) is 10.2. The predicted octanol–water partition coefficient (Wildman–Crippen LogP) is 6.48. The van der Waals surface area contributed by atoms with E-state index in [1.165, 1.54) is 26.0 Å². The Labute approximate surface area is 200 Å². The van der Waals surface area contributed by atoms with Crippen LogP contribution in [0.25, 0.3) is 0 Å². The van der Waals surface area contributed by atoms with Gasteiger partial charge in [-0.15, -0.1) is 26.3 Å². The Morgan fingerprint density at radius 2 is 1.14 bits per heavy atom. The first-order valence-electron chi connectivity index (χ1n) is 10.2. The monoisotopic (exact) mass is 530 g/mol. The molecule has 0 amide bonds. The molecule has 0 radical (unpaired) electrons. The van der Waals surface area contributed by atoms with Gasteiger partial charge in [-0.25, -0.2) is 8.78 Å². The molecule has 0 aliphatic carbocycles. The number of halogens is 8. The minimum absolute atomic E-state index is 0.0263. The number of ketones is 1. The van der Waals surface area contributed by atoms with Gasteiger partial charge in [0.1, 0.15) is 5.78 Å². The molecule has 0 aliphatic rings. The summed E-state index contributed by atoms with van der Waals surface area (Å²) in [6.45, 7) is 4.49. The number of hydrogen-bond acceptors (Lipinski definition) is 4. The van der Waals surface area contributed by atoms with Crippen molar-refractivity contribution in [3.05, 3.63) is 59.2 Å². The number of hydrogen-bond donors (Lipinski definition) is 1. The molecule has 0 bridgehead atoms. The molecular formula is C23H22F8O5. The number of Topliss-reactive ketones (excluding diaryl/α,β-unsaturated/α-hetero) is 1. The molecule has 2 atom stereocenters. The predicted molar refractivity (Wildman–Crippen MR) is 110 cm³/mol. The zero-order valence-corrected chi connectivity index (χ0v) is 19.1. The highest BCUT2D eigenvalue weighted by atomic mass is 19.4. The number of ether oxygens (including phenoxy) is 2. The zero-order chi connectivity index (χ0) is 27.8. The molecule has 0 aromatic heterocycles. The molecule has 0 fully saturated rings. The van der Waals surface area contributed by atoms with E-state index in [1.54, 1.807) is 6.92 Å². The Balaban J connectivity index is 0.000000360. The molecule has 0 saturated heterocycles. The van der Waals surface area contributed by atoms with Gasteiger partial charge in [-0.2, -0.15) is 0 Å². The Kier molecular flexibility index (Phi) is 10.7. The van der Waals surface area contributed by atoms with Gasteiger partial charge in [-0.3, -0.25) is 9.59 Å². The lowest BCUT2D eigenvalue weighted by Gasteiger charge is -2.12. The van der Waals surface area contributed by atoms with Crippen LogP contribution >= 0.6 is 0 Å².